The van der Waals surface area contributed by atoms with Crippen LogP contribution in [-0.2, 0) is 11.2 Å². The van der Waals surface area contributed by atoms with Gasteiger partial charge in [0.2, 0.25) is 0 Å². The largest absolute Gasteiger partial charge is 0.507 e. The predicted molar refractivity (Wildman–Crippen MR) is 103 cm³/mol. The van der Waals surface area contributed by atoms with Gasteiger partial charge in [-0.1, -0.05) is 6.07 Å². The number of likely N-dealkylation sites (tertiary alicyclic amines) is 1. The van der Waals surface area contributed by atoms with Gasteiger partial charge in [0.1, 0.15) is 18.1 Å². The number of carbonyl (C=O) groups excluding carboxylic acids is 2. The molecule has 0 saturated carbocycles. The first-order valence-corrected chi connectivity index (χ1v) is 9.38. The highest BCUT2D eigenvalue weighted by molar-refractivity contribution is 5.96. The van der Waals surface area contributed by atoms with Crippen LogP contribution in [0.3, 0.4) is 0 Å². The van der Waals surface area contributed by atoms with E-state index in [-0.39, 0.29) is 53.3 Å². The number of aromatic hydroxyl groups is 1. The summed E-state index contributed by atoms with van der Waals surface area (Å²) in [5, 5.41) is 18.9. The van der Waals surface area contributed by atoms with Crippen molar-refractivity contribution in [1.29, 1.82) is 0 Å². The third-order valence-corrected chi connectivity index (χ3v) is 4.92. The zero-order valence-corrected chi connectivity index (χ0v) is 15.8. The third kappa shape index (κ3) is 4.71. The number of carboxylic acids is 1. The maximum absolute atomic E-state index is 13.1. The van der Waals surface area contributed by atoms with Gasteiger partial charge in [0.25, 0.3) is 5.91 Å². The fourth-order valence-electron chi connectivity index (χ4n) is 3.48. The maximum Gasteiger partial charge on any atom is 0.309 e. The number of nitrogens with zero attached hydrogens (tertiary/aromatic N) is 2. The lowest BCUT2D eigenvalue weighted by molar-refractivity contribution is -0.136. The van der Waals surface area contributed by atoms with Gasteiger partial charge < -0.3 is 19.8 Å². The van der Waals surface area contributed by atoms with Gasteiger partial charge >= 0.3 is 5.97 Å². The zero-order chi connectivity index (χ0) is 20.8. The molecule has 0 spiro atoms. The number of phenols is 1. The van der Waals surface area contributed by atoms with E-state index in [0.717, 1.165) is 19.3 Å². The molecule has 0 bridgehead atoms. The molecule has 3 rings (SSSR count). The van der Waals surface area contributed by atoms with Gasteiger partial charge in [-0.25, -0.2) is 0 Å². The number of aromatic nitrogens is 1. The van der Waals surface area contributed by atoms with Crippen LogP contribution in [0.5, 0.6) is 11.5 Å². The molecule has 1 unspecified atom stereocenters. The Morgan fingerprint density at radius 1 is 1.24 bits per heavy atom. The lowest BCUT2D eigenvalue weighted by Crippen LogP contribution is -2.47. The first kappa shape index (κ1) is 20.3. The van der Waals surface area contributed by atoms with Crippen LogP contribution in [0.25, 0.3) is 0 Å². The summed E-state index contributed by atoms with van der Waals surface area (Å²) in [5.74, 6) is -1.25. The minimum atomic E-state index is -1.05. The van der Waals surface area contributed by atoms with Crippen molar-refractivity contribution in [2.75, 3.05) is 13.2 Å². The lowest BCUT2D eigenvalue weighted by atomic mass is 10.0. The Morgan fingerprint density at radius 3 is 2.83 bits per heavy atom. The molecule has 1 aromatic carbocycles. The number of hydrogen-bond acceptors (Lipinski definition) is 6. The fourth-order valence-corrected chi connectivity index (χ4v) is 3.48. The molecule has 2 N–H and O–H groups in total. The average Bonchev–Trinajstić information content (AvgIpc) is 2.72. The maximum atomic E-state index is 13.1. The summed E-state index contributed by atoms with van der Waals surface area (Å²) >= 11 is 0. The minimum Gasteiger partial charge on any atom is -0.507 e. The van der Waals surface area contributed by atoms with Crippen LogP contribution in [0.1, 0.15) is 45.7 Å². The molecule has 1 aliphatic heterocycles. The number of hydrogen-bond donors (Lipinski definition) is 2. The van der Waals surface area contributed by atoms with E-state index < -0.39 is 5.97 Å². The highest BCUT2D eigenvalue weighted by Gasteiger charge is 2.30. The molecule has 2 heterocycles. The number of carboxylic acid groups (broad SMARTS) is 1. The second kappa shape index (κ2) is 9.18. The lowest BCUT2D eigenvalue weighted by Gasteiger charge is -2.36. The number of benzene rings is 1. The molecule has 1 aromatic heterocycles. The molecule has 2 aromatic rings. The summed E-state index contributed by atoms with van der Waals surface area (Å²) in [5.41, 5.74) is 0.566. The van der Waals surface area contributed by atoms with E-state index in [1.54, 1.807) is 29.2 Å². The first-order valence-electron chi connectivity index (χ1n) is 9.38. The van der Waals surface area contributed by atoms with Crippen LogP contribution in [0.4, 0.5) is 0 Å². The van der Waals surface area contributed by atoms with E-state index in [1.165, 1.54) is 12.3 Å². The quantitative estimate of drug-likeness (QED) is 0.687. The summed E-state index contributed by atoms with van der Waals surface area (Å²) in [6.07, 6.45) is 4.14. The van der Waals surface area contributed by atoms with Crippen LogP contribution in [0.2, 0.25) is 0 Å². The molecule has 29 heavy (non-hydrogen) atoms. The van der Waals surface area contributed by atoms with Crippen molar-refractivity contribution in [2.24, 2.45) is 0 Å². The normalized spacial score (nSPS) is 16.3. The summed E-state index contributed by atoms with van der Waals surface area (Å²) in [6.45, 7) is 0.680. The minimum absolute atomic E-state index is 0.0668. The van der Waals surface area contributed by atoms with Crippen molar-refractivity contribution < 1.29 is 29.3 Å². The van der Waals surface area contributed by atoms with Crippen LogP contribution in [0, 0.1) is 0 Å². The summed E-state index contributed by atoms with van der Waals surface area (Å²) in [7, 11) is 0. The first-order chi connectivity index (χ1) is 14.0. The number of aliphatic carboxylic acids is 1. The molecule has 1 amide bonds. The molecular formula is C21H22N2O6. The van der Waals surface area contributed by atoms with E-state index >= 15 is 0 Å². The van der Waals surface area contributed by atoms with Crippen molar-refractivity contribution in [3.8, 4) is 11.5 Å². The molecule has 1 atom stereocenters. The molecular weight excluding hydrogens is 376 g/mol. The summed E-state index contributed by atoms with van der Waals surface area (Å²) < 4.78 is 5.76. The number of piperidine rings is 1. The molecule has 8 heteroatoms. The molecule has 1 fully saturated rings. The molecule has 0 aliphatic carbocycles. The summed E-state index contributed by atoms with van der Waals surface area (Å²) in [6, 6.07) is 7.52. The van der Waals surface area contributed by atoms with E-state index in [4.69, 9.17) is 9.84 Å². The zero-order valence-electron chi connectivity index (χ0n) is 15.8. The second-order valence-electron chi connectivity index (χ2n) is 6.83. The third-order valence-electron chi connectivity index (χ3n) is 4.92. The standard InChI is InChI=1S/C21H22N2O6/c24-12-16-18(25)7-3-8-19(16)29-13-14-5-1-2-10-23(14)21(28)15-6-4-9-22-17(15)11-20(26)27/h3-4,6-9,12,14,25H,1-2,5,10-11,13H2,(H,26,27). The van der Waals surface area contributed by atoms with E-state index in [2.05, 4.69) is 4.98 Å². The van der Waals surface area contributed by atoms with Gasteiger partial charge in [0.15, 0.2) is 6.29 Å². The van der Waals surface area contributed by atoms with Crippen LogP contribution < -0.4 is 4.74 Å². The predicted octanol–water partition coefficient (Wildman–Crippen LogP) is 2.30. The van der Waals surface area contributed by atoms with Crippen LogP contribution >= 0.6 is 0 Å². The number of carbonyl (C=O) groups is 3. The number of phenolic OH excluding ortho intramolecular Hbond substituents is 1. The van der Waals surface area contributed by atoms with Gasteiger partial charge in [-0.3, -0.25) is 19.4 Å². The number of amides is 1. The van der Waals surface area contributed by atoms with Gasteiger partial charge in [-0.15, -0.1) is 0 Å². The van der Waals surface area contributed by atoms with E-state index in [0.29, 0.717) is 12.8 Å². The van der Waals surface area contributed by atoms with Gasteiger partial charge in [0.05, 0.1) is 29.3 Å². The number of pyridine rings is 1. The fraction of sp³-hybridized carbons (Fsp3) is 0.333. The Morgan fingerprint density at radius 2 is 2.07 bits per heavy atom. The monoisotopic (exact) mass is 398 g/mol. The number of rotatable bonds is 7. The average molecular weight is 398 g/mol. The molecule has 152 valence electrons. The molecule has 8 nitrogen and oxygen atoms in total. The Balaban J connectivity index is 1.78. The van der Waals surface area contributed by atoms with Gasteiger partial charge in [-0.2, -0.15) is 0 Å². The molecule has 0 radical (unpaired) electrons. The Kier molecular flexibility index (Phi) is 6.43. The van der Waals surface area contributed by atoms with Gasteiger partial charge in [-0.05, 0) is 43.5 Å². The summed E-state index contributed by atoms with van der Waals surface area (Å²) in [4.78, 5) is 41.2. The van der Waals surface area contributed by atoms with E-state index in [9.17, 15) is 19.5 Å². The molecule has 1 saturated heterocycles. The Labute approximate surface area is 167 Å². The van der Waals surface area contributed by atoms with Crippen molar-refractivity contribution in [3.63, 3.8) is 0 Å². The van der Waals surface area contributed by atoms with Crippen molar-refractivity contribution in [3.05, 3.63) is 53.3 Å². The molecule has 1 aliphatic rings. The highest BCUT2D eigenvalue weighted by atomic mass is 16.5. The smallest absolute Gasteiger partial charge is 0.309 e. The van der Waals surface area contributed by atoms with Crippen LogP contribution in [0.15, 0.2) is 36.5 Å². The highest BCUT2D eigenvalue weighted by Crippen LogP contribution is 2.27. The number of ether oxygens (including phenoxy) is 1. The van der Waals surface area contributed by atoms with Crippen LogP contribution in [-0.4, -0.2) is 57.5 Å². The van der Waals surface area contributed by atoms with Crippen molar-refractivity contribution in [2.45, 2.75) is 31.7 Å². The Bertz CT molecular complexity index is 914. The second-order valence-corrected chi connectivity index (χ2v) is 6.83. The van der Waals surface area contributed by atoms with E-state index in [1.807, 2.05) is 0 Å². The number of aldehydes is 1. The van der Waals surface area contributed by atoms with Gasteiger partial charge in [0, 0.05) is 12.7 Å². The SMILES string of the molecule is O=Cc1c(O)cccc1OCC1CCCCN1C(=O)c1cccnc1CC(=O)O. The topological polar surface area (TPSA) is 117 Å². The Hall–Kier alpha value is -3.42. The van der Waals surface area contributed by atoms with Crippen molar-refractivity contribution in [1.82, 2.24) is 9.88 Å². The van der Waals surface area contributed by atoms with Crippen molar-refractivity contribution >= 4 is 18.2 Å².